The number of hydrogen-bond donors (Lipinski definition) is 1. The highest BCUT2D eigenvalue weighted by Crippen LogP contribution is 2.18. The maximum Gasteiger partial charge on any atom is 0.224 e. The molecule has 0 bridgehead atoms. The van der Waals surface area contributed by atoms with E-state index in [4.69, 9.17) is 0 Å². The third-order valence-corrected chi connectivity index (χ3v) is 4.94. The number of rotatable bonds is 7. The Morgan fingerprint density at radius 3 is 2.56 bits per heavy atom. The average Bonchev–Trinajstić information content (AvgIpc) is 3.01. The van der Waals surface area contributed by atoms with Crippen molar-refractivity contribution >= 4 is 17.2 Å². The van der Waals surface area contributed by atoms with E-state index in [1.165, 1.54) is 18.4 Å². The number of nitrogens with zero attached hydrogens (tertiary/aromatic N) is 3. The summed E-state index contributed by atoms with van der Waals surface area (Å²) in [7, 11) is 0. The maximum absolute atomic E-state index is 12.4. The highest BCUT2D eigenvalue weighted by molar-refractivity contribution is 5.90. The number of nitrogens with one attached hydrogen (secondary N) is 1. The normalized spacial score (nSPS) is 11.1. The molecule has 27 heavy (non-hydrogen) atoms. The molecule has 0 aliphatic carbocycles. The lowest BCUT2D eigenvalue weighted by Crippen LogP contribution is -2.14. The standard InChI is InChI=1S/C22H28N4O/c1-5-6-7-18-8-10-19(11-9-18)24-22(27)13-12-20-16(3)23-21-14-15(2)25-26(21)17(20)4/h8-11,14H,5-7,12-13H2,1-4H3,(H,24,27). The van der Waals surface area contributed by atoms with E-state index in [0.717, 1.165) is 40.4 Å². The van der Waals surface area contributed by atoms with Crippen LogP contribution in [0.4, 0.5) is 5.69 Å². The highest BCUT2D eigenvalue weighted by atomic mass is 16.1. The van der Waals surface area contributed by atoms with Crippen LogP contribution in [0.3, 0.4) is 0 Å². The number of fused-ring (bicyclic) bond motifs is 1. The quantitative estimate of drug-likeness (QED) is 0.668. The number of aryl methyl sites for hydroxylation is 4. The van der Waals surface area contributed by atoms with E-state index in [1.54, 1.807) is 0 Å². The molecule has 0 saturated heterocycles. The molecule has 0 aliphatic rings. The molecule has 5 heteroatoms. The van der Waals surface area contributed by atoms with Crippen LogP contribution in [0.25, 0.3) is 5.65 Å². The van der Waals surface area contributed by atoms with Crippen LogP contribution in [-0.2, 0) is 17.6 Å². The molecule has 3 rings (SSSR count). The third kappa shape index (κ3) is 4.54. The molecule has 3 aromatic rings. The number of unbranched alkanes of at least 4 members (excludes halogenated alkanes) is 1. The monoisotopic (exact) mass is 364 g/mol. The molecule has 142 valence electrons. The van der Waals surface area contributed by atoms with Gasteiger partial charge in [-0.15, -0.1) is 0 Å². The number of amides is 1. The van der Waals surface area contributed by atoms with Crippen molar-refractivity contribution in [3.63, 3.8) is 0 Å². The second kappa shape index (κ2) is 8.33. The largest absolute Gasteiger partial charge is 0.326 e. The van der Waals surface area contributed by atoms with Crippen molar-refractivity contribution in [2.45, 2.75) is 59.8 Å². The van der Waals surface area contributed by atoms with Gasteiger partial charge in [0.1, 0.15) is 0 Å². The molecule has 2 aromatic heterocycles. The lowest BCUT2D eigenvalue weighted by Gasteiger charge is -2.11. The first-order chi connectivity index (χ1) is 13.0. The van der Waals surface area contributed by atoms with Crippen molar-refractivity contribution in [1.82, 2.24) is 14.6 Å². The van der Waals surface area contributed by atoms with Crippen molar-refractivity contribution in [3.8, 4) is 0 Å². The molecule has 5 nitrogen and oxygen atoms in total. The van der Waals surface area contributed by atoms with E-state index in [-0.39, 0.29) is 5.91 Å². The zero-order chi connectivity index (χ0) is 19.4. The lowest BCUT2D eigenvalue weighted by molar-refractivity contribution is -0.116. The summed E-state index contributed by atoms with van der Waals surface area (Å²) in [4.78, 5) is 17.0. The first kappa shape index (κ1) is 19.1. The molecule has 0 aliphatic heterocycles. The van der Waals surface area contributed by atoms with Crippen molar-refractivity contribution in [2.24, 2.45) is 0 Å². The maximum atomic E-state index is 12.4. The molecule has 0 fully saturated rings. The number of carbonyl (C=O) groups is 1. The topological polar surface area (TPSA) is 59.3 Å². The van der Waals surface area contributed by atoms with Gasteiger partial charge in [0.05, 0.1) is 5.69 Å². The summed E-state index contributed by atoms with van der Waals surface area (Å²) >= 11 is 0. The first-order valence-electron chi connectivity index (χ1n) is 9.69. The van der Waals surface area contributed by atoms with Crippen LogP contribution in [0, 0.1) is 20.8 Å². The molecule has 0 radical (unpaired) electrons. The second-order valence-corrected chi connectivity index (χ2v) is 7.17. The van der Waals surface area contributed by atoms with E-state index < -0.39 is 0 Å². The Kier molecular flexibility index (Phi) is 5.89. The number of anilines is 1. The van der Waals surface area contributed by atoms with Gasteiger partial charge in [0.15, 0.2) is 5.65 Å². The van der Waals surface area contributed by atoms with Gasteiger partial charge in [-0.1, -0.05) is 25.5 Å². The van der Waals surface area contributed by atoms with Gasteiger partial charge in [-0.25, -0.2) is 9.50 Å². The van der Waals surface area contributed by atoms with Crippen LogP contribution in [0.15, 0.2) is 30.3 Å². The van der Waals surface area contributed by atoms with Gasteiger partial charge in [-0.05, 0) is 63.3 Å². The van der Waals surface area contributed by atoms with Crippen LogP contribution in [0.1, 0.15) is 54.4 Å². The summed E-state index contributed by atoms with van der Waals surface area (Å²) in [6.45, 7) is 8.19. The molecule has 1 aromatic carbocycles. The Morgan fingerprint density at radius 1 is 1.11 bits per heavy atom. The molecule has 0 atom stereocenters. The molecule has 0 spiro atoms. The Labute approximate surface area is 160 Å². The molecule has 2 heterocycles. The number of aromatic nitrogens is 3. The van der Waals surface area contributed by atoms with Crippen molar-refractivity contribution in [1.29, 1.82) is 0 Å². The van der Waals surface area contributed by atoms with E-state index >= 15 is 0 Å². The van der Waals surface area contributed by atoms with E-state index in [2.05, 4.69) is 34.5 Å². The molecule has 1 amide bonds. The van der Waals surface area contributed by atoms with Gasteiger partial charge < -0.3 is 5.32 Å². The summed E-state index contributed by atoms with van der Waals surface area (Å²) < 4.78 is 1.87. The molecule has 1 N–H and O–H groups in total. The minimum Gasteiger partial charge on any atom is -0.326 e. The summed E-state index contributed by atoms with van der Waals surface area (Å²) in [6, 6.07) is 10.1. The zero-order valence-electron chi connectivity index (χ0n) is 16.7. The predicted molar refractivity (Wildman–Crippen MR) is 109 cm³/mol. The fourth-order valence-electron chi connectivity index (χ4n) is 3.40. The van der Waals surface area contributed by atoms with E-state index in [9.17, 15) is 4.79 Å². The van der Waals surface area contributed by atoms with Gasteiger partial charge >= 0.3 is 0 Å². The number of hydrogen-bond acceptors (Lipinski definition) is 3. The highest BCUT2D eigenvalue weighted by Gasteiger charge is 2.13. The lowest BCUT2D eigenvalue weighted by atomic mass is 10.1. The molecular weight excluding hydrogens is 336 g/mol. The fraction of sp³-hybridized carbons (Fsp3) is 0.409. The zero-order valence-corrected chi connectivity index (χ0v) is 16.7. The Bertz CT molecular complexity index is 941. The average molecular weight is 364 g/mol. The molecular formula is C22H28N4O. The van der Waals surface area contributed by atoms with Crippen LogP contribution in [0.2, 0.25) is 0 Å². The summed E-state index contributed by atoms with van der Waals surface area (Å²) in [5.41, 5.74) is 7.09. The predicted octanol–water partition coefficient (Wildman–Crippen LogP) is 4.57. The minimum absolute atomic E-state index is 0.0202. The Hall–Kier alpha value is -2.69. The van der Waals surface area contributed by atoms with Crippen LogP contribution >= 0.6 is 0 Å². The van der Waals surface area contributed by atoms with Gasteiger partial charge in [0, 0.05) is 29.6 Å². The Morgan fingerprint density at radius 2 is 1.85 bits per heavy atom. The molecule has 0 unspecified atom stereocenters. The SMILES string of the molecule is CCCCc1ccc(NC(=O)CCc2c(C)nc3cc(C)nn3c2C)cc1. The van der Waals surface area contributed by atoms with Crippen molar-refractivity contribution in [3.05, 3.63) is 58.5 Å². The first-order valence-corrected chi connectivity index (χ1v) is 9.69. The summed E-state index contributed by atoms with van der Waals surface area (Å²) in [5, 5.41) is 7.49. The number of carbonyl (C=O) groups excluding carboxylic acids is 1. The summed E-state index contributed by atoms with van der Waals surface area (Å²) in [5.74, 6) is 0.0202. The van der Waals surface area contributed by atoms with E-state index in [0.29, 0.717) is 12.8 Å². The van der Waals surface area contributed by atoms with Gasteiger partial charge in [0.25, 0.3) is 0 Å². The van der Waals surface area contributed by atoms with Gasteiger partial charge in [-0.3, -0.25) is 4.79 Å². The minimum atomic E-state index is 0.0202. The third-order valence-electron chi connectivity index (χ3n) is 4.94. The van der Waals surface area contributed by atoms with Gasteiger partial charge in [-0.2, -0.15) is 5.10 Å². The van der Waals surface area contributed by atoms with Crippen molar-refractivity contribution in [2.75, 3.05) is 5.32 Å². The van der Waals surface area contributed by atoms with Crippen LogP contribution in [0.5, 0.6) is 0 Å². The van der Waals surface area contributed by atoms with E-state index in [1.807, 2.05) is 43.5 Å². The van der Waals surface area contributed by atoms with Crippen LogP contribution < -0.4 is 5.32 Å². The fourth-order valence-corrected chi connectivity index (χ4v) is 3.40. The van der Waals surface area contributed by atoms with Crippen molar-refractivity contribution < 1.29 is 4.79 Å². The molecule has 0 saturated carbocycles. The second-order valence-electron chi connectivity index (χ2n) is 7.17. The number of benzene rings is 1. The van der Waals surface area contributed by atoms with Gasteiger partial charge in [0.2, 0.25) is 5.91 Å². The van der Waals surface area contributed by atoms with Crippen LogP contribution in [-0.4, -0.2) is 20.5 Å². The summed E-state index contributed by atoms with van der Waals surface area (Å²) in [6.07, 6.45) is 4.55. The Balaban J connectivity index is 1.63. The smallest absolute Gasteiger partial charge is 0.224 e.